The molecule has 1 aromatic heterocycles. The molecule has 1 fully saturated rings. The minimum Gasteiger partial charge on any atom is -0.485 e. The minimum atomic E-state index is -1.13. The summed E-state index contributed by atoms with van der Waals surface area (Å²) in [6.45, 7) is 6.40. The standard InChI is InChI=1S/C30H33FN2O5/c1-17-14-33(15-17)16-22-10-20(6-8-23(22)24-12-28(37-3)32-13-25(24)31)26-9-7-19-4-5-21(11-27(19)38-26)29(34)18(2)30(35)36/h4-6,8,10-13,17-18,26,29,34H,7,9,14-16H2,1-3H3,(H,35,36)/t18-,26?,29+/m0/s1. The van der Waals surface area contributed by atoms with Crippen molar-refractivity contribution in [2.45, 2.75) is 45.4 Å². The van der Waals surface area contributed by atoms with Crippen LogP contribution in [0.2, 0.25) is 0 Å². The average Bonchev–Trinajstić information content (AvgIpc) is 2.91. The number of hydrogen-bond donors (Lipinski definition) is 2. The van der Waals surface area contributed by atoms with Crippen LogP contribution >= 0.6 is 0 Å². The van der Waals surface area contributed by atoms with Crippen molar-refractivity contribution in [3.05, 3.63) is 76.7 Å². The highest BCUT2D eigenvalue weighted by atomic mass is 19.1. The van der Waals surface area contributed by atoms with E-state index in [1.165, 1.54) is 20.2 Å². The Morgan fingerprint density at radius 1 is 1.21 bits per heavy atom. The van der Waals surface area contributed by atoms with E-state index in [0.717, 1.165) is 48.2 Å². The summed E-state index contributed by atoms with van der Waals surface area (Å²) >= 11 is 0. The lowest BCUT2D eigenvalue weighted by atomic mass is 9.90. The van der Waals surface area contributed by atoms with Gasteiger partial charge in [0.25, 0.3) is 0 Å². The van der Waals surface area contributed by atoms with Crippen LogP contribution in [-0.4, -0.2) is 46.3 Å². The van der Waals surface area contributed by atoms with Crippen LogP contribution in [0.5, 0.6) is 11.6 Å². The molecule has 0 amide bonds. The van der Waals surface area contributed by atoms with Crippen LogP contribution in [0, 0.1) is 17.7 Å². The van der Waals surface area contributed by atoms with Gasteiger partial charge in [-0.3, -0.25) is 9.69 Å². The van der Waals surface area contributed by atoms with Crippen LogP contribution < -0.4 is 9.47 Å². The van der Waals surface area contributed by atoms with E-state index in [0.29, 0.717) is 35.2 Å². The number of aliphatic carboxylic acids is 1. The number of carboxylic acids is 1. The van der Waals surface area contributed by atoms with Crippen LogP contribution in [0.1, 0.15) is 54.7 Å². The Kier molecular flexibility index (Phi) is 7.36. The molecule has 38 heavy (non-hydrogen) atoms. The van der Waals surface area contributed by atoms with E-state index < -0.39 is 23.8 Å². The number of aryl methyl sites for hydroxylation is 1. The normalized spacial score (nSPS) is 19.1. The Morgan fingerprint density at radius 3 is 2.71 bits per heavy atom. The molecule has 200 valence electrons. The number of carbonyl (C=O) groups is 1. The summed E-state index contributed by atoms with van der Waals surface area (Å²) < 4.78 is 26.5. The molecule has 8 heteroatoms. The van der Waals surface area contributed by atoms with Gasteiger partial charge in [0.15, 0.2) is 0 Å². The van der Waals surface area contributed by atoms with Gasteiger partial charge in [-0.15, -0.1) is 0 Å². The fraction of sp³-hybridized carbons (Fsp3) is 0.400. The van der Waals surface area contributed by atoms with Crippen molar-refractivity contribution < 1.29 is 28.9 Å². The van der Waals surface area contributed by atoms with Gasteiger partial charge in [-0.25, -0.2) is 9.37 Å². The number of aliphatic hydroxyl groups excluding tert-OH is 1. The lowest BCUT2D eigenvalue weighted by Crippen LogP contribution is -2.44. The number of pyridine rings is 1. The first kappa shape index (κ1) is 26.1. The van der Waals surface area contributed by atoms with Crippen LogP contribution in [-0.2, 0) is 17.8 Å². The summed E-state index contributed by atoms with van der Waals surface area (Å²) in [7, 11) is 1.51. The van der Waals surface area contributed by atoms with Crippen molar-refractivity contribution in [1.29, 1.82) is 0 Å². The number of likely N-dealkylation sites (tertiary alicyclic amines) is 1. The average molecular weight is 521 g/mol. The fourth-order valence-corrected chi connectivity index (χ4v) is 5.37. The van der Waals surface area contributed by atoms with E-state index in [1.807, 2.05) is 18.2 Å². The number of hydrogen-bond acceptors (Lipinski definition) is 6. The quantitative estimate of drug-likeness (QED) is 0.423. The zero-order valence-electron chi connectivity index (χ0n) is 21.9. The number of ether oxygens (including phenoxy) is 2. The van der Waals surface area contributed by atoms with E-state index in [1.54, 1.807) is 18.2 Å². The number of aromatic nitrogens is 1. The molecule has 1 unspecified atom stereocenters. The summed E-state index contributed by atoms with van der Waals surface area (Å²) in [5.41, 5.74) is 4.80. The molecule has 5 rings (SSSR count). The Balaban J connectivity index is 1.45. The zero-order chi connectivity index (χ0) is 27.0. The molecule has 2 aromatic carbocycles. The zero-order valence-corrected chi connectivity index (χ0v) is 21.9. The molecule has 0 spiro atoms. The van der Waals surface area contributed by atoms with E-state index >= 15 is 0 Å². The van der Waals surface area contributed by atoms with Crippen LogP contribution in [0.15, 0.2) is 48.7 Å². The Labute approximate surface area is 221 Å². The summed E-state index contributed by atoms with van der Waals surface area (Å²) in [4.78, 5) is 17.7. The van der Waals surface area contributed by atoms with E-state index in [2.05, 4.69) is 22.9 Å². The summed E-state index contributed by atoms with van der Waals surface area (Å²) in [5, 5.41) is 19.8. The van der Waals surface area contributed by atoms with Crippen LogP contribution in [0.25, 0.3) is 11.1 Å². The third kappa shape index (κ3) is 5.24. The molecule has 3 atom stereocenters. The van der Waals surface area contributed by atoms with Gasteiger partial charge in [-0.2, -0.15) is 0 Å². The Bertz CT molecular complexity index is 1340. The number of fused-ring (bicyclic) bond motifs is 1. The van der Waals surface area contributed by atoms with Crippen molar-refractivity contribution >= 4 is 5.97 Å². The predicted octanol–water partition coefficient (Wildman–Crippen LogP) is 5.17. The number of halogens is 1. The van der Waals surface area contributed by atoms with Gasteiger partial charge < -0.3 is 19.7 Å². The Morgan fingerprint density at radius 2 is 2.00 bits per heavy atom. The van der Waals surface area contributed by atoms with Crippen molar-refractivity contribution in [2.75, 3.05) is 20.2 Å². The van der Waals surface area contributed by atoms with Crippen molar-refractivity contribution in [3.63, 3.8) is 0 Å². The molecule has 3 heterocycles. The molecule has 0 saturated carbocycles. The largest absolute Gasteiger partial charge is 0.485 e. The van der Waals surface area contributed by atoms with E-state index in [-0.39, 0.29) is 6.10 Å². The number of rotatable bonds is 8. The minimum absolute atomic E-state index is 0.216. The number of methoxy groups -OCH3 is 1. The van der Waals surface area contributed by atoms with E-state index in [4.69, 9.17) is 9.47 Å². The smallest absolute Gasteiger partial charge is 0.309 e. The summed E-state index contributed by atoms with van der Waals surface area (Å²) in [6.07, 6.45) is 1.42. The van der Waals surface area contributed by atoms with Gasteiger partial charge >= 0.3 is 5.97 Å². The second-order valence-electron chi connectivity index (χ2n) is 10.5. The lowest BCUT2D eigenvalue weighted by molar-refractivity contribution is -0.145. The topological polar surface area (TPSA) is 92.1 Å². The van der Waals surface area contributed by atoms with Crippen molar-refractivity contribution in [3.8, 4) is 22.8 Å². The lowest BCUT2D eigenvalue weighted by Gasteiger charge is -2.38. The fourth-order valence-electron chi connectivity index (χ4n) is 5.37. The maximum atomic E-state index is 14.9. The first-order valence-corrected chi connectivity index (χ1v) is 13.0. The highest BCUT2D eigenvalue weighted by Gasteiger charge is 2.28. The molecule has 2 aliphatic heterocycles. The van der Waals surface area contributed by atoms with Gasteiger partial charge in [0, 0.05) is 31.3 Å². The van der Waals surface area contributed by atoms with Gasteiger partial charge in [-0.1, -0.05) is 37.3 Å². The molecule has 0 aliphatic carbocycles. The molecular formula is C30H33FN2O5. The number of carboxylic acid groups (broad SMARTS) is 1. The maximum Gasteiger partial charge on any atom is 0.309 e. The van der Waals surface area contributed by atoms with Crippen LogP contribution in [0.4, 0.5) is 4.39 Å². The molecule has 7 nitrogen and oxygen atoms in total. The summed E-state index contributed by atoms with van der Waals surface area (Å²) in [5.74, 6) is -0.730. The molecule has 2 aliphatic rings. The van der Waals surface area contributed by atoms with Gasteiger partial charge in [0.2, 0.25) is 5.88 Å². The summed E-state index contributed by atoms with van der Waals surface area (Å²) in [6, 6.07) is 13.1. The second-order valence-corrected chi connectivity index (χ2v) is 10.5. The first-order chi connectivity index (χ1) is 18.2. The molecular weight excluding hydrogens is 487 g/mol. The second kappa shape index (κ2) is 10.7. The number of benzene rings is 2. The number of nitrogens with zero attached hydrogens (tertiary/aromatic N) is 2. The SMILES string of the molecule is COc1cc(-c2ccc(C3CCc4ccc([C@H](O)[C@H](C)C(=O)O)cc4O3)cc2CN2CC(C)C2)c(F)cn1. The van der Waals surface area contributed by atoms with Gasteiger partial charge in [-0.05, 0) is 59.6 Å². The highest BCUT2D eigenvalue weighted by Crippen LogP contribution is 2.39. The molecule has 3 aromatic rings. The predicted molar refractivity (Wildman–Crippen MR) is 141 cm³/mol. The monoisotopic (exact) mass is 520 g/mol. The third-order valence-electron chi connectivity index (χ3n) is 7.61. The van der Waals surface area contributed by atoms with Crippen molar-refractivity contribution in [2.24, 2.45) is 11.8 Å². The Hall–Kier alpha value is -3.49. The van der Waals surface area contributed by atoms with E-state index in [9.17, 15) is 19.4 Å². The highest BCUT2D eigenvalue weighted by molar-refractivity contribution is 5.71. The molecule has 1 saturated heterocycles. The van der Waals surface area contributed by atoms with Crippen molar-refractivity contribution in [1.82, 2.24) is 9.88 Å². The molecule has 0 bridgehead atoms. The molecule has 0 radical (unpaired) electrons. The van der Waals surface area contributed by atoms with Gasteiger partial charge in [0.1, 0.15) is 17.7 Å². The first-order valence-electron chi connectivity index (χ1n) is 13.0. The maximum absolute atomic E-state index is 14.9. The van der Waals surface area contributed by atoms with Crippen LogP contribution in [0.3, 0.4) is 0 Å². The van der Waals surface area contributed by atoms with Gasteiger partial charge in [0.05, 0.1) is 25.3 Å². The number of aliphatic hydroxyl groups is 1. The third-order valence-corrected chi connectivity index (χ3v) is 7.61. The molecule has 2 N–H and O–H groups in total.